The topological polar surface area (TPSA) is 78.9 Å². The second kappa shape index (κ2) is 59.7. The van der Waals surface area contributed by atoms with Crippen LogP contribution in [0.5, 0.6) is 0 Å². The summed E-state index contributed by atoms with van der Waals surface area (Å²) in [5, 5.41) is 0. The Kier molecular flexibility index (Phi) is 57.2. The molecule has 0 saturated heterocycles. The highest BCUT2D eigenvalue weighted by atomic mass is 16.6. The van der Waals surface area contributed by atoms with Crippen molar-refractivity contribution in [1.82, 2.24) is 0 Å². The number of hydrogen-bond donors (Lipinski definition) is 0. The van der Waals surface area contributed by atoms with Crippen LogP contribution in [0.3, 0.4) is 0 Å². The largest absolute Gasteiger partial charge is 0.462 e. The van der Waals surface area contributed by atoms with Crippen molar-refractivity contribution >= 4 is 17.9 Å². The Morgan fingerprint density at radius 1 is 0.296 bits per heavy atom. The fraction of sp³-hybridized carbons (Fsp3) is 0.800. The summed E-state index contributed by atoms with van der Waals surface area (Å²) in [6.07, 6.45) is 75.0. The van der Waals surface area contributed by atoms with Crippen LogP contribution in [0.1, 0.15) is 316 Å². The van der Waals surface area contributed by atoms with E-state index in [1.807, 2.05) is 0 Å². The zero-order chi connectivity index (χ0) is 51.4. The van der Waals surface area contributed by atoms with E-state index in [0.717, 1.165) is 89.9 Å². The third kappa shape index (κ3) is 57.9. The van der Waals surface area contributed by atoms with Crippen LogP contribution < -0.4 is 0 Å². The summed E-state index contributed by atoms with van der Waals surface area (Å²) in [5.41, 5.74) is 0. The normalized spacial score (nSPS) is 12.4. The number of unbranched alkanes of at least 4 members (excludes halogenated alkanes) is 35. The molecule has 0 aliphatic heterocycles. The average Bonchev–Trinajstić information content (AvgIpc) is 3.37. The van der Waals surface area contributed by atoms with E-state index in [4.69, 9.17) is 14.2 Å². The smallest absolute Gasteiger partial charge is 0.306 e. The van der Waals surface area contributed by atoms with Crippen molar-refractivity contribution in [1.29, 1.82) is 0 Å². The van der Waals surface area contributed by atoms with Crippen molar-refractivity contribution in [3.8, 4) is 0 Å². The lowest BCUT2D eigenvalue weighted by Crippen LogP contribution is -2.30. The fourth-order valence-corrected chi connectivity index (χ4v) is 8.90. The van der Waals surface area contributed by atoms with Crippen molar-refractivity contribution in [2.75, 3.05) is 13.2 Å². The average molecular weight is 994 g/mol. The first-order chi connectivity index (χ1) is 35.0. The molecule has 1 unspecified atom stereocenters. The van der Waals surface area contributed by atoms with Crippen LogP contribution in [0.2, 0.25) is 0 Å². The van der Waals surface area contributed by atoms with E-state index >= 15 is 0 Å². The van der Waals surface area contributed by atoms with Crippen LogP contribution >= 0.6 is 0 Å². The standard InChI is InChI=1S/C65H116O6/c1-4-7-10-13-16-19-22-25-28-31-32-35-37-40-43-46-49-52-55-58-64(67)70-61-62(71-65(68)59-56-53-50-47-44-41-38-34-30-27-24-21-18-15-12-9-6-3)60-69-63(66)57-54-51-48-45-42-39-36-33-29-26-23-20-17-14-11-8-5-2/h9,12,16,18-19,21,25,27-28,30,62H,4-8,10-11,13-15,17,20,22-24,26,29,31-61H2,1-3H3/b12-9-,19-16-,21-18-,28-25-,30-27-. The van der Waals surface area contributed by atoms with E-state index in [-0.39, 0.29) is 31.1 Å². The molecule has 0 amide bonds. The van der Waals surface area contributed by atoms with Gasteiger partial charge in [0.2, 0.25) is 0 Å². The van der Waals surface area contributed by atoms with Gasteiger partial charge in [0.15, 0.2) is 6.10 Å². The molecule has 0 heterocycles. The Bertz CT molecular complexity index is 1280. The molecule has 1 atom stereocenters. The highest BCUT2D eigenvalue weighted by Crippen LogP contribution is 2.17. The van der Waals surface area contributed by atoms with E-state index in [9.17, 15) is 14.4 Å². The molecule has 0 bridgehead atoms. The van der Waals surface area contributed by atoms with Crippen molar-refractivity contribution in [2.24, 2.45) is 0 Å². The van der Waals surface area contributed by atoms with Crippen molar-refractivity contribution in [3.05, 3.63) is 60.8 Å². The molecule has 6 heteroatoms. The Morgan fingerprint density at radius 2 is 0.549 bits per heavy atom. The lowest BCUT2D eigenvalue weighted by atomic mass is 10.0. The molecule has 71 heavy (non-hydrogen) atoms. The predicted octanol–water partition coefficient (Wildman–Crippen LogP) is 20.8. The van der Waals surface area contributed by atoms with Crippen molar-refractivity contribution < 1.29 is 28.6 Å². The maximum Gasteiger partial charge on any atom is 0.306 e. The first-order valence-corrected chi connectivity index (χ1v) is 30.8. The number of esters is 3. The Morgan fingerprint density at radius 3 is 0.887 bits per heavy atom. The van der Waals surface area contributed by atoms with Crippen LogP contribution in [0.25, 0.3) is 0 Å². The quantitative estimate of drug-likeness (QED) is 0.0261. The maximum absolute atomic E-state index is 12.9. The Labute approximate surface area is 440 Å². The molecule has 0 aromatic rings. The summed E-state index contributed by atoms with van der Waals surface area (Å²) in [4.78, 5) is 38.3. The minimum Gasteiger partial charge on any atom is -0.462 e. The van der Waals surface area contributed by atoms with Gasteiger partial charge in [-0.25, -0.2) is 0 Å². The van der Waals surface area contributed by atoms with Crippen LogP contribution in [0, 0.1) is 0 Å². The summed E-state index contributed by atoms with van der Waals surface area (Å²) in [7, 11) is 0. The molecule has 0 aromatic carbocycles. The summed E-state index contributed by atoms with van der Waals surface area (Å²) in [6.45, 7) is 6.54. The number of carbonyl (C=O) groups excluding carboxylic acids is 3. The van der Waals surface area contributed by atoms with Crippen LogP contribution in [0.4, 0.5) is 0 Å². The zero-order valence-electron chi connectivity index (χ0n) is 47.2. The SMILES string of the molecule is CC/C=C\C/C=C\C/C=C\CCCCCCCCCC(=O)OC(COC(=O)CCCCCCCCCCC/C=C\C/C=C\CCCCC)COC(=O)CCCCCCCCCCCCCCCCCCC. The van der Waals surface area contributed by atoms with Gasteiger partial charge in [-0.05, 0) is 83.5 Å². The van der Waals surface area contributed by atoms with Gasteiger partial charge in [-0.15, -0.1) is 0 Å². The second-order valence-corrected chi connectivity index (χ2v) is 20.6. The van der Waals surface area contributed by atoms with Crippen LogP contribution in [-0.2, 0) is 28.6 Å². The molecular weight excluding hydrogens is 877 g/mol. The van der Waals surface area contributed by atoms with Crippen LogP contribution in [0.15, 0.2) is 60.8 Å². The Hall–Kier alpha value is -2.89. The molecule has 6 nitrogen and oxygen atoms in total. The first-order valence-electron chi connectivity index (χ1n) is 30.8. The molecule has 0 radical (unpaired) electrons. The van der Waals surface area contributed by atoms with E-state index < -0.39 is 6.10 Å². The van der Waals surface area contributed by atoms with E-state index in [0.29, 0.717) is 19.3 Å². The molecule has 0 aliphatic carbocycles. The minimum atomic E-state index is -0.780. The van der Waals surface area contributed by atoms with Gasteiger partial charge in [-0.1, -0.05) is 274 Å². The number of allylic oxidation sites excluding steroid dienone is 10. The lowest BCUT2D eigenvalue weighted by Gasteiger charge is -2.18. The molecule has 0 aliphatic rings. The molecule has 0 spiro atoms. The van der Waals surface area contributed by atoms with E-state index in [1.54, 1.807) is 0 Å². The van der Waals surface area contributed by atoms with Crippen molar-refractivity contribution in [2.45, 2.75) is 322 Å². The first kappa shape index (κ1) is 68.1. The maximum atomic E-state index is 12.9. The molecule has 412 valence electrons. The van der Waals surface area contributed by atoms with Gasteiger partial charge in [0.05, 0.1) is 0 Å². The molecule has 0 saturated carbocycles. The van der Waals surface area contributed by atoms with Gasteiger partial charge in [0.1, 0.15) is 13.2 Å². The summed E-state index contributed by atoms with van der Waals surface area (Å²) in [6, 6.07) is 0. The molecule has 0 fully saturated rings. The van der Waals surface area contributed by atoms with Gasteiger partial charge in [-0.2, -0.15) is 0 Å². The van der Waals surface area contributed by atoms with Crippen LogP contribution in [-0.4, -0.2) is 37.2 Å². The summed E-state index contributed by atoms with van der Waals surface area (Å²) >= 11 is 0. The highest BCUT2D eigenvalue weighted by Gasteiger charge is 2.19. The van der Waals surface area contributed by atoms with Gasteiger partial charge in [-0.3, -0.25) is 14.4 Å². The van der Waals surface area contributed by atoms with E-state index in [1.165, 1.54) is 186 Å². The summed E-state index contributed by atoms with van der Waals surface area (Å²) < 4.78 is 16.9. The third-order valence-electron chi connectivity index (χ3n) is 13.5. The molecular formula is C65H116O6. The van der Waals surface area contributed by atoms with Crippen molar-refractivity contribution in [3.63, 3.8) is 0 Å². The second-order valence-electron chi connectivity index (χ2n) is 20.6. The Balaban J connectivity index is 4.36. The lowest BCUT2D eigenvalue weighted by molar-refractivity contribution is -0.167. The van der Waals surface area contributed by atoms with Gasteiger partial charge in [0.25, 0.3) is 0 Å². The van der Waals surface area contributed by atoms with Gasteiger partial charge >= 0.3 is 17.9 Å². The highest BCUT2D eigenvalue weighted by molar-refractivity contribution is 5.71. The fourth-order valence-electron chi connectivity index (χ4n) is 8.90. The summed E-state index contributed by atoms with van der Waals surface area (Å²) in [5.74, 6) is -0.874. The minimum absolute atomic E-state index is 0.0765. The zero-order valence-corrected chi connectivity index (χ0v) is 47.2. The molecule has 0 aromatic heterocycles. The monoisotopic (exact) mass is 993 g/mol. The van der Waals surface area contributed by atoms with E-state index in [2.05, 4.69) is 81.5 Å². The van der Waals surface area contributed by atoms with Gasteiger partial charge < -0.3 is 14.2 Å². The number of carbonyl (C=O) groups is 3. The predicted molar refractivity (Wildman–Crippen MR) is 307 cm³/mol. The molecule has 0 N–H and O–H groups in total. The molecule has 0 rings (SSSR count). The third-order valence-corrected chi connectivity index (χ3v) is 13.5. The number of rotatable bonds is 56. The number of hydrogen-bond acceptors (Lipinski definition) is 6. The van der Waals surface area contributed by atoms with Gasteiger partial charge in [0, 0.05) is 19.3 Å². The number of ether oxygens (including phenoxy) is 3.